The fourth-order valence-corrected chi connectivity index (χ4v) is 3.43. The van der Waals surface area contributed by atoms with Crippen molar-refractivity contribution < 1.29 is 9.53 Å². The summed E-state index contributed by atoms with van der Waals surface area (Å²) in [5.74, 6) is 1.77. The molecule has 1 fully saturated rings. The zero-order valence-corrected chi connectivity index (χ0v) is 15.2. The number of carbonyl (C=O) groups is 1. The van der Waals surface area contributed by atoms with E-state index in [1.54, 1.807) is 0 Å². The molecular weight excluding hydrogens is 310 g/mol. The van der Waals surface area contributed by atoms with Crippen LogP contribution >= 0.6 is 0 Å². The number of para-hydroxylation sites is 1. The minimum Gasteiger partial charge on any atom is -0.489 e. The molecule has 0 aromatic heterocycles. The van der Waals surface area contributed by atoms with Gasteiger partial charge in [0.2, 0.25) is 0 Å². The molecule has 1 amide bonds. The largest absolute Gasteiger partial charge is 0.489 e. The summed E-state index contributed by atoms with van der Waals surface area (Å²) in [5, 5.41) is 0. The standard InChI is InChI=1S/C22H27NO2/c1-17-8-14-20(15-9-17)23(2)22(24)19-12-10-18(11-13-19)16-25-21-6-4-3-5-7-21/h3-7,10-13,17,20H,8-9,14-16H2,1-2H3. The van der Waals surface area contributed by atoms with E-state index in [2.05, 4.69) is 6.92 Å². The quantitative estimate of drug-likeness (QED) is 0.775. The average Bonchev–Trinajstić information content (AvgIpc) is 2.67. The summed E-state index contributed by atoms with van der Waals surface area (Å²) in [7, 11) is 1.94. The number of ether oxygens (including phenoxy) is 1. The van der Waals surface area contributed by atoms with Crippen LogP contribution in [0.3, 0.4) is 0 Å². The van der Waals surface area contributed by atoms with Crippen LogP contribution in [-0.2, 0) is 6.61 Å². The van der Waals surface area contributed by atoms with Crippen LogP contribution in [0.2, 0.25) is 0 Å². The smallest absolute Gasteiger partial charge is 0.253 e. The molecule has 3 heteroatoms. The summed E-state index contributed by atoms with van der Waals surface area (Å²) in [4.78, 5) is 14.6. The Bertz CT molecular complexity index is 673. The minimum absolute atomic E-state index is 0.120. The van der Waals surface area contributed by atoms with E-state index in [4.69, 9.17) is 4.74 Å². The lowest BCUT2D eigenvalue weighted by Crippen LogP contribution is -2.39. The molecule has 25 heavy (non-hydrogen) atoms. The van der Waals surface area contributed by atoms with E-state index in [9.17, 15) is 4.79 Å². The first kappa shape index (κ1) is 17.5. The molecule has 3 nitrogen and oxygen atoms in total. The first-order valence-corrected chi connectivity index (χ1v) is 9.17. The summed E-state index contributed by atoms with van der Waals surface area (Å²) < 4.78 is 5.75. The second-order valence-corrected chi connectivity index (χ2v) is 7.13. The number of rotatable bonds is 5. The van der Waals surface area contributed by atoms with Crippen LogP contribution in [-0.4, -0.2) is 23.9 Å². The van der Waals surface area contributed by atoms with Crippen LogP contribution in [0.5, 0.6) is 5.75 Å². The van der Waals surface area contributed by atoms with Gasteiger partial charge >= 0.3 is 0 Å². The molecule has 1 aliphatic rings. The number of hydrogen-bond acceptors (Lipinski definition) is 2. The highest BCUT2D eigenvalue weighted by atomic mass is 16.5. The van der Waals surface area contributed by atoms with Gasteiger partial charge in [-0.05, 0) is 61.4 Å². The molecule has 2 aromatic rings. The van der Waals surface area contributed by atoms with E-state index in [0.717, 1.165) is 35.6 Å². The molecule has 0 bridgehead atoms. The number of amides is 1. The molecule has 0 unspecified atom stereocenters. The molecule has 1 aliphatic carbocycles. The molecule has 2 aromatic carbocycles. The van der Waals surface area contributed by atoms with Gasteiger partial charge in [-0.15, -0.1) is 0 Å². The first-order valence-electron chi connectivity index (χ1n) is 9.17. The van der Waals surface area contributed by atoms with E-state index in [1.165, 1.54) is 12.8 Å². The summed E-state index contributed by atoms with van der Waals surface area (Å²) in [6.45, 7) is 2.81. The van der Waals surface area contributed by atoms with Crippen molar-refractivity contribution in [1.29, 1.82) is 0 Å². The minimum atomic E-state index is 0.120. The zero-order chi connectivity index (χ0) is 17.6. The summed E-state index contributed by atoms with van der Waals surface area (Å²) in [6.07, 6.45) is 4.68. The number of nitrogens with zero attached hydrogens (tertiary/aromatic N) is 1. The number of hydrogen-bond donors (Lipinski definition) is 0. The fraction of sp³-hybridized carbons (Fsp3) is 0.409. The van der Waals surface area contributed by atoms with Crippen LogP contribution in [0.15, 0.2) is 54.6 Å². The number of benzene rings is 2. The van der Waals surface area contributed by atoms with Crippen LogP contribution in [0, 0.1) is 5.92 Å². The Kier molecular flexibility index (Phi) is 5.75. The molecule has 0 heterocycles. The Hall–Kier alpha value is -2.29. The fourth-order valence-electron chi connectivity index (χ4n) is 3.43. The molecule has 0 radical (unpaired) electrons. The van der Waals surface area contributed by atoms with Crippen molar-refractivity contribution in [2.75, 3.05) is 7.05 Å². The molecular formula is C22H27NO2. The predicted octanol–water partition coefficient (Wildman–Crippen LogP) is 4.92. The van der Waals surface area contributed by atoms with Crippen molar-refractivity contribution in [3.05, 3.63) is 65.7 Å². The highest BCUT2D eigenvalue weighted by Crippen LogP contribution is 2.27. The third-order valence-electron chi connectivity index (χ3n) is 5.20. The molecule has 1 saturated carbocycles. The lowest BCUT2D eigenvalue weighted by Gasteiger charge is -2.33. The van der Waals surface area contributed by atoms with Crippen LogP contribution in [0.1, 0.15) is 48.5 Å². The second-order valence-electron chi connectivity index (χ2n) is 7.13. The second kappa shape index (κ2) is 8.19. The highest BCUT2D eigenvalue weighted by Gasteiger charge is 2.25. The molecule has 0 spiro atoms. The topological polar surface area (TPSA) is 29.5 Å². The summed E-state index contributed by atoms with van der Waals surface area (Å²) in [5.41, 5.74) is 1.82. The predicted molar refractivity (Wildman–Crippen MR) is 101 cm³/mol. The first-order chi connectivity index (χ1) is 12.1. The summed E-state index contributed by atoms with van der Waals surface area (Å²) >= 11 is 0. The molecule has 0 saturated heterocycles. The maximum Gasteiger partial charge on any atom is 0.253 e. The van der Waals surface area contributed by atoms with Crippen molar-refractivity contribution in [2.45, 2.75) is 45.3 Å². The van der Waals surface area contributed by atoms with Gasteiger partial charge in [0.25, 0.3) is 5.91 Å². The van der Waals surface area contributed by atoms with Gasteiger partial charge in [0.05, 0.1) is 0 Å². The van der Waals surface area contributed by atoms with E-state index in [1.807, 2.05) is 66.5 Å². The van der Waals surface area contributed by atoms with Gasteiger partial charge in [-0.25, -0.2) is 0 Å². The van der Waals surface area contributed by atoms with Crippen molar-refractivity contribution >= 4 is 5.91 Å². The van der Waals surface area contributed by atoms with E-state index in [-0.39, 0.29) is 5.91 Å². The molecule has 3 rings (SSSR count). The van der Waals surface area contributed by atoms with Crippen molar-refractivity contribution in [2.24, 2.45) is 5.92 Å². The van der Waals surface area contributed by atoms with E-state index in [0.29, 0.717) is 12.6 Å². The monoisotopic (exact) mass is 337 g/mol. The van der Waals surface area contributed by atoms with Crippen molar-refractivity contribution in [3.63, 3.8) is 0 Å². The van der Waals surface area contributed by atoms with Gasteiger partial charge < -0.3 is 9.64 Å². The van der Waals surface area contributed by atoms with Gasteiger partial charge in [-0.1, -0.05) is 37.3 Å². The Balaban J connectivity index is 1.56. The Labute approximate surface area is 150 Å². The van der Waals surface area contributed by atoms with E-state index >= 15 is 0 Å². The SMILES string of the molecule is CC1CCC(N(C)C(=O)c2ccc(COc3ccccc3)cc2)CC1. The van der Waals surface area contributed by atoms with Crippen LogP contribution in [0.25, 0.3) is 0 Å². The highest BCUT2D eigenvalue weighted by molar-refractivity contribution is 5.94. The molecule has 0 N–H and O–H groups in total. The lowest BCUT2D eigenvalue weighted by molar-refractivity contribution is 0.0679. The lowest BCUT2D eigenvalue weighted by atomic mass is 9.86. The third-order valence-corrected chi connectivity index (χ3v) is 5.20. The molecule has 0 aliphatic heterocycles. The molecule has 0 atom stereocenters. The van der Waals surface area contributed by atoms with Gasteiger partial charge in [0.1, 0.15) is 12.4 Å². The maximum atomic E-state index is 12.7. The van der Waals surface area contributed by atoms with Crippen molar-refractivity contribution in [3.8, 4) is 5.75 Å². The Morgan fingerprint density at radius 2 is 1.64 bits per heavy atom. The van der Waals surface area contributed by atoms with Crippen LogP contribution in [0.4, 0.5) is 0 Å². The normalized spacial score (nSPS) is 20.1. The van der Waals surface area contributed by atoms with Crippen LogP contribution < -0.4 is 4.74 Å². The van der Waals surface area contributed by atoms with Gasteiger partial charge in [0.15, 0.2) is 0 Å². The number of carbonyl (C=O) groups excluding carboxylic acids is 1. The zero-order valence-electron chi connectivity index (χ0n) is 15.2. The average molecular weight is 337 g/mol. The Morgan fingerprint density at radius 1 is 1.00 bits per heavy atom. The van der Waals surface area contributed by atoms with Gasteiger partial charge in [0, 0.05) is 18.7 Å². The van der Waals surface area contributed by atoms with Crippen molar-refractivity contribution in [1.82, 2.24) is 4.90 Å². The maximum absolute atomic E-state index is 12.7. The third kappa shape index (κ3) is 4.62. The molecule has 132 valence electrons. The summed E-state index contributed by atoms with van der Waals surface area (Å²) in [6, 6.07) is 17.9. The Morgan fingerprint density at radius 3 is 2.28 bits per heavy atom. The van der Waals surface area contributed by atoms with E-state index < -0.39 is 0 Å². The van der Waals surface area contributed by atoms with Gasteiger partial charge in [-0.2, -0.15) is 0 Å². The van der Waals surface area contributed by atoms with Gasteiger partial charge in [-0.3, -0.25) is 4.79 Å².